The van der Waals surface area contributed by atoms with E-state index >= 15 is 0 Å². The van der Waals surface area contributed by atoms with Gasteiger partial charge in [0.05, 0.1) is 22.0 Å². The smallest absolute Gasteiger partial charge is 0.205 e. The molecule has 26 heavy (non-hydrogen) atoms. The number of benzene rings is 1. The van der Waals surface area contributed by atoms with E-state index in [-0.39, 0.29) is 24.2 Å². The van der Waals surface area contributed by atoms with E-state index in [2.05, 4.69) is 27.7 Å². The fraction of sp³-hybridized carbons (Fsp3) is 0.600. The SMILES string of the molecule is CC[Si](CC)(CC)OC1CC=C(S(=O)(=O)c2ccccc2)C2OC2C1C. The van der Waals surface area contributed by atoms with Gasteiger partial charge in [0.15, 0.2) is 8.32 Å². The average molecular weight is 395 g/mol. The molecule has 4 unspecified atom stereocenters. The molecule has 0 spiro atoms. The molecule has 1 aliphatic heterocycles. The molecule has 1 aromatic carbocycles. The number of epoxide rings is 1. The maximum absolute atomic E-state index is 13.1. The van der Waals surface area contributed by atoms with E-state index < -0.39 is 18.2 Å². The molecule has 2 aliphatic rings. The van der Waals surface area contributed by atoms with Gasteiger partial charge in [0.25, 0.3) is 0 Å². The molecule has 0 N–H and O–H groups in total. The van der Waals surface area contributed by atoms with Gasteiger partial charge < -0.3 is 9.16 Å². The fourth-order valence-corrected chi connectivity index (χ4v) is 8.55. The van der Waals surface area contributed by atoms with Crippen molar-refractivity contribution in [3.8, 4) is 0 Å². The van der Waals surface area contributed by atoms with Crippen LogP contribution in [-0.2, 0) is 19.0 Å². The first kappa shape index (κ1) is 19.8. The Bertz CT molecular complexity index is 747. The second-order valence-electron chi connectivity index (χ2n) is 7.44. The highest BCUT2D eigenvalue weighted by Gasteiger charge is 2.53. The average Bonchev–Trinajstić information content (AvgIpc) is 3.46. The van der Waals surface area contributed by atoms with Crippen LogP contribution in [-0.4, -0.2) is 35.0 Å². The molecule has 6 heteroatoms. The van der Waals surface area contributed by atoms with Crippen molar-refractivity contribution in [1.29, 1.82) is 0 Å². The minimum atomic E-state index is -3.51. The Hall–Kier alpha value is -0.953. The predicted octanol–water partition coefficient (Wildman–Crippen LogP) is 4.54. The summed E-state index contributed by atoms with van der Waals surface area (Å²) < 4.78 is 38.7. The molecular formula is C20H30O4SSi. The highest BCUT2D eigenvalue weighted by molar-refractivity contribution is 7.95. The van der Waals surface area contributed by atoms with Crippen molar-refractivity contribution in [3.05, 3.63) is 41.3 Å². The van der Waals surface area contributed by atoms with Crippen molar-refractivity contribution in [1.82, 2.24) is 0 Å². The third-order valence-corrected chi connectivity index (χ3v) is 12.7. The first-order valence-electron chi connectivity index (χ1n) is 9.72. The maximum atomic E-state index is 13.1. The van der Waals surface area contributed by atoms with E-state index in [0.29, 0.717) is 16.2 Å². The van der Waals surface area contributed by atoms with Crippen LogP contribution in [0.4, 0.5) is 0 Å². The van der Waals surface area contributed by atoms with E-state index in [4.69, 9.17) is 9.16 Å². The number of hydrogen-bond acceptors (Lipinski definition) is 4. The number of hydrogen-bond donors (Lipinski definition) is 0. The summed E-state index contributed by atoms with van der Waals surface area (Å²) in [7, 11) is -5.25. The minimum absolute atomic E-state index is 0.0417. The van der Waals surface area contributed by atoms with Crippen LogP contribution in [0.15, 0.2) is 46.2 Å². The Labute approximate surface area is 158 Å². The van der Waals surface area contributed by atoms with Gasteiger partial charge in [0, 0.05) is 5.92 Å². The van der Waals surface area contributed by atoms with E-state index in [1.807, 2.05) is 12.1 Å². The number of fused-ring (bicyclic) bond motifs is 1. The summed E-state index contributed by atoms with van der Waals surface area (Å²) in [6.45, 7) is 8.80. The van der Waals surface area contributed by atoms with Crippen LogP contribution in [0.1, 0.15) is 34.1 Å². The highest BCUT2D eigenvalue weighted by Crippen LogP contribution is 2.45. The lowest BCUT2D eigenvalue weighted by molar-refractivity contribution is 0.113. The summed E-state index contributed by atoms with van der Waals surface area (Å²) in [6, 6.07) is 11.9. The van der Waals surface area contributed by atoms with E-state index in [1.54, 1.807) is 24.3 Å². The monoisotopic (exact) mass is 394 g/mol. The van der Waals surface area contributed by atoms with Gasteiger partial charge in [-0.3, -0.25) is 0 Å². The van der Waals surface area contributed by atoms with Gasteiger partial charge in [-0.2, -0.15) is 0 Å². The summed E-state index contributed by atoms with van der Waals surface area (Å²) in [5, 5.41) is 0. The Kier molecular flexibility index (Phi) is 5.77. The second kappa shape index (κ2) is 7.58. The van der Waals surface area contributed by atoms with Crippen LogP contribution in [0, 0.1) is 5.92 Å². The quantitative estimate of drug-likeness (QED) is 0.503. The zero-order valence-corrected chi connectivity index (χ0v) is 18.0. The Morgan fingerprint density at radius 3 is 2.31 bits per heavy atom. The third-order valence-electron chi connectivity index (χ3n) is 6.16. The van der Waals surface area contributed by atoms with E-state index in [9.17, 15) is 8.42 Å². The third kappa shape index (κ3) is 3.57. The zero-order valence-electron chi connectivity index (χ0n) is 16.1. The Morgan fingerprint density at radius 2 is 1.73 bits per heavy atom. The molecule has 4 nitrogen and oxygen atoms in total. The largest absolute Gasteiger partial charge is 0.413 e. The maximum Gasteiger partial charge on any atom is 0.205 e. The molecule has 1 saturated heterocycles. The molecular weight excluding hydrogens is 364 g/mol. The van der Waals surface area contributed by atoms with Crippen LogP contribution in [0.2, 0.25) is 18.1 Å². The molecule has 1 fully saturated rings. The lowest BCUT2D eigenvalue weighted by Crippen LogP contribution is -2.42. The topological polar surface area (TPSA) is 55.9 Å². The van der Waals surface area contributed by atoms with Gasteiger partial charge in [-0.1, -0.05) is 52.0 Å². The molecule has 1 heterocycles. The van der Waals surface area contributed by atoms with Crippen LogP contribution < -0.4 is 0 Å². The van der Waals surface area contributed by atoms with Crippen LogP contribution in [0.5, 0.6) is 0 Å². The van der Waals surface area contributed by atoms with Crippen LogP contribution >= 0.6 is 0 Å². The molecule has 0 aromatic heterocycles. The van der Waals surface area contributed by atoms with E-state index in [1.165, 1.54) is 0 Å². The molecule has 1 aliphatic carbocycles. The standard InChI is InChI=1S/C20H30O4SSi/c1-5-26(6-2,7-3)24-17-13-14-18(20-19(23-20)15(17)4)25(21,22)16-11-9-8-10-12-16/h8-12,14-15,17,19-20H,5-7,13H2,1-4H3. The highest BCUT2D eigenvalue weighted by atomic mass is 32.2. The summed E-state index contributed by atoms with van der Waals surface area (Å²) in [5.74, 6) is 0.205. The molecule has 3 rings (SSSR count). The van der Waals surface area contributed by atoms with Crippen molar-refractivity contribution in [2.75, 3.05) is 0 Å². The normalized spacial score (nSPS) is 28.8. The van der Waals surface area contributed by atoms with Crippen molar-refractivity contribution in [2.45, 2.75) is 75.5 Å². The zero-order chi connectivity index (χ0) is 18.9. The summed E-state index contributed by atoms with van der Waals surface area (Å²) in [4.78, 5) is 0.760. The van der Waals surface area contributed by atoms with Gasteiger partial charge in [-0.05, 0) is 36.7 Å². The molecule has 1 aromatic rings. The summed E-state index contributed by atoms with van der Waals surface area (Å²) in [6.07, 6.45) is 2.18. The van der Waals surface area contributed by atoms with Crippen molar-refractivity contribution in [2.24, 2.45) is 5.92 Å². The number of rotatable bonds is 7. The predicted molar refractivity (Wildman–Crippen MR) is 106 cm³/mol. The van der Waals surface area contributed by atoms with Crippen molar-refractivity contribution < 1.29 is 17.6 Å². The number of sulfone groups is 1. The lowest BCUT2D eigenvalue weighted by Gasteiger charge is -2.35. The van der Waals surface area contributed by atoms with E-state index in [0.717, 1.165) is 18.1 Å². The van der Waals surface area contributed by atoms with Crippen LogP contribution in [0.3, 0.4) is 0 Å². The van der Waals surface area contributed by atoms with Gasteiger partial charge >= 0.3 is 0 Å². The fourth-order valence-electron chi connectivity index (χ4n) is 4.00. The summed E-state index contributed by atoms with van der Waals surface area (Å²) in [5.41, 5.74) is 0. The Morgan fingerprint density at radius 1 is 1.12 bits per heavy atom. The van der Waals surface area contributed by atoms with Gasteiger partial charge in [0.2, 0.25) is 9.84 Å². The molecule has 0 radical (unpaired) electrons. The van der Waals surface area contributed by atoms with Crippen molar-refractivity contribution >= 4 is 18.2 Å². The Balaban J connectivity index is 1.87. The van der Waals surface area contributed by atoms with Gasteiger partial charge in [-0.25, -0.2) is 8.42 Å². The molecule has 144 valence electrons. The molecule has 0 bridgehead atoms. The number of ether oxygens (including phenoxy) is 1. The molecule has 0 saturated carbocycles. The van der Waals surface area contributed by atoms with Gasteiger partial charge in [0.1, 0.15) is 6.10 Å². The molecule has 0 amide bonds. The van der Waals surface area contributed by atoms with Crippen LogP contribution in [0.25, 0.3) is 0 Å². The first-order chi connectivity index (χ1) is 12.4. The lowest BCUT2D eigenvalue weighted by atomic mass is 9.99. The molecule has 4 atom stereocenters. The van der Waals surface area contributed by atoms with Crippen molar-refractivity contribution in [3.63, 3.8) is 0 Å². The van der Waals surface area contributed by atoms with Gasteiger partial charge in [-0.15, -0.1) is 0 Å². The first-order valence-corrected chi connectivity index (χ1v) is 13.7. The minimum Gasteiger partial charge on any atom is -0.413 e. The second-order valence-corrected chi connectivity index (χ2v) is 14.1. The summed E-state index contributed by atoms with van der Waals surface area (Å²) >= 11 is 0.